The number of halogens is 3. The maximum Gasteiger partial charge on any atom is 0.501 e. The van der Waals surface area contributed by atoms with Crippen LogP contribution in [0.5, 0.6) is 0 Å². The van der Waals surface area contributed by atoms with Gasteiger partial charge in [0, 0.05) is 0 Å². The van der Waals surface area contributed by atoms with Crippen molar-refractivity contribution >= 4 is 22.0 Å². The summed E-state index contributed by atoms with van der Waals surface area (Å²) < 4.78 is 69.5. The van der Waals surface area contributed by atoms with Gasteiger partial charge in [-0.15, -0.1) is 0 Å². The predicted molar refractivity (Wildman–Crippen MR) is 81.8 cm³/mol. The number of carbonyl (C=O) groups is 2. The highest BCUT2D eigenvalue weighted by Crippen LogP contribution is 2.25. The standard InChI is InChI=1S/C13H21F3N2O6S/c1-11(2,3)23-9(19)17-8(7-25(21,22)13(14,15)16)18-10(20)24-12(4,5)6/h7H,1-6H3,(H,17,19)(H,18,20). The van der Waals surface area contributed by atoms with E-state index in [4.69, 9.17) is 9.47 Å². The van der Waals surface area contributed by atoms with Gasteiger partial charge in [-0.05, 0) is 41.5 Å². The van der Waals surface area contributed by atoms with Crippen LogP contribution < -0.4 is 10.6 Å². The Hall–Kier alpha value is -1.98. The number of carbonyl (C=O) groups excluding carboxylic acids is 2. The van der Waals surface area contributed by atoms with Gasteiger partial charge in [0.1, 0.15) is 17.0 Å². The molecular weight excluding hydrogens is 369 g/mol. The molecule has 0 aromatic heterocycles. The monoisotopic (exact) mass is 390 g/mol. The van der Waals surface area contributed by atoms with Crippen LogP contribution in [0.1, 0.15) is 41.5 Å². The first kappa shape index (κ1) is 23.0. The molecule has 0 rings (SSSR count). The number of alkyl carbamates (subject to hydrolysis) is 2. The van der Waals surface area contributed by atoms with Gasteiger partial charge in [-0.3, -0.25) is 10.6 Å². The quantitative estimate of drug-likeness (QED) is 0.767. The molecule has 0 radical (unpaired) electrons. The highest BCUT2D eigenvalue weighted by molar-refractivity contribution is 7.95. The summed E-state index contributed by atoms with van der Waals surface area (Å²) in [6, 6.07) is 0. The maximum atomic E-state index is 12.5. The van der Waals surface area contributed by atoms with Crippen molar-refractivity contribution in [1.29, 1.82) is 0 Å². The number of sulfone groups is 1. The zero-order chi connectivity index (χ0) is 20.3. The zero-order valence-corrected chi connectivity index (χ0v) is 15.4. The van der Waals surface area contributed by atoms with Crippen molar-refractivity contribution in [3.63, 3.8) is 0 Å². The number of nitrogens with one attached hydrogen (secondary N) is 2. The van der Waals surface area contributed by atoms with Gasteiger partial charge in [-0.2, -0.15) is 13.2 Å². The SMILES string of the molecule is CC(C)(C)OC(=O)NC(=CS(=O)(=O)C(F)(F)F)NC(=O)OC(C)(C)C. The van der Waals surface area contributed by atoms with Gasteiger partial charge in [-0.25, -0.2) is 18.0 Å². The molecule has 0 atom stereocenters. The summed E-state index contributed by atoms with van der Waals surface area (Å²) >= 11 is 0. The normalized spacial score (nSPS) is 12.8. The first-order valence-electron chi connectivity index (χ1n) is 6.85. The van der Waals surface area contributed by atoms with Crippen molar-refractivity contribution in [2.24, 2.45) is 0 Å². The zero-order valence-electron chi connectivity index (χ0n) is 14.6. The molecule has 146 valence electrons. The molecule has 12 heteroatoms. The molecular formula is C13H21F3N2O6S. The van der Waals surface area contributed by atoms with E-state index in [-0.39, 0.29) is 5.41 Å². The minimum Gasteiger partial charge on any atom is -0.444 e. The van der Waals surface area contributed by atoms with E-state index in [0.717, 1.165) is 0 Å². The molecule has 0 aromatic rings. The Bertz CT molecular complexity index is 610. The molecule has 0 aromatic carbocycles. The van der Waals surface area contributed by atoms with E-state index in [1.807, 2.05) is 0 Å². The molecule has 0 saturated carbocycles. The Kier molecular flexibility index (Phi) is 6.90. The lowest BCUT2D eigenvalue weighted by Gasteiger charge is -2.22. The summed E-state index contributed by atoms with van der Waals surface area (Å²) in [5.74, 6) is -1.07. The second kappa shape index (κ2) is 7.50. The van der Waals surface area contributed by atoms with E-state index in [1.165, 1.54) is 41.5 Å². The van der Waals surface area contributed by atoms with Crippen molar-refractivity contribution in [3.8, 4) is 0 Å². The Morgan fingerprint density at radius 2 is 1.16 bits per heavy atom. The number of ether oxygens (including phenoxy) is 2. The van der Waals surface area contributed by atoms with Crippen LogP contribution in [-0.4, -0.2) is 37.3 Å². The molecule has 25 heavy (non-hydrogen) atoms. The molecule has 0 aliphatic carbocycles. The predicted octanol–water partition coefficient (Wildman–Crippen LogP) is 2.77. The summed E-state index contributed by atoms with van der Waals surface area (Å²) in [5, 5.41) is 3.11. The minimum absolute atomic E-state index is 0.346. The molecule has 0 unspecified atom stereocenters. The van der Waals surface area contributed by atoms with Gasteiger partial charge in [-0.1, -0.05) is 0 Å². The Labute approximate surface area is 143 Å². The number of hydrogen-bond donors (Lipinski definition) is 2. The fraction of sp³-hybridized carbons (Fsp3) is 0.692. The van der Waals surface area contributed by atoms with Crippen LogP contribution in [-0.2, 0) is 19.3 Å². The summed E-state index contributed by atoms with van der Waals surface area (Å²) in [4.78, 5) is 23.3. The lowest BCUT2D eigenvalue weighted by atomic mass is 10.2. The van der Waals surface area contributed by atoms with E-state index < -0.39 is 44.6 Å². The van der Waals surface area contributed by atoms with Gasteiger partial charge in [0.15, 0.2) is 0 Å². The van der Waals surface area contributed by atoms with Crippen LogP contribution in [0.4, 0.5) is 22.8 Å². The van der Waals surface area contributed by atoms with Gasteiger partial charge in [0.2, 0.25) is 0 Å². The highest BCUT2D eigenvalue weighted by Gasteiger charge is 2.44. The first-order chi connectivity index (χ1) is 10.8. The number of alkyl halides is 3. The summed E-state index contributed by atoms with van der Waals surface area (Å²) in [6.45, 7) is 8.86. The smallest absolute Gasteiger partial charge is 0.444 e. The Balaban J connectivity index is 5.54. The van der Waals surface area contributed by atoms with Gasteiger partial charge in [0.25, 0.3) is 9.84 Å². The second-order valence-corrected chi connectivity index (χ2v) is 8.56. The summed E-state index contributed by atoms with van der Waals surface area (Å²) in [5.41, 5.74) is -7.64. The molecule has 0 aliphatic heterocycles. The van der Waals surface area contributed by atoms with Gasteiger partial charge in [0.05, 0.1) is 5.41 Å². The lowest BCUT2D eigenvalue weighted by Crippen LogP contribution is -2.41. The molecule has 0 aliphatic rings. The molecule has 0 bridgehead atoms. The van der Waals surface area contributed by atoms with Crippen LogP contribution in [0.2, 0.25) is 0 Å². The molecule has 0 heterocycles. The third-order valence-electron chi connectivity index (χ3n) is 1.87. The lowest BCUT2D eigenvalue weighted by molar-refractivity contribution is -0.0424. The highest BCUT2D eigenvalue weighted by atomic mass is 32.2. The fourth-order valence-electron chi connectivity index (χ4n) is 1.14. The van der Waals surface area contributed by atoms with Crippen LogP contribution in [0, 0.1) is 0 Å². The van der Waals surface area contributed by atoms with Crippen molar-refractivity contribution in [3.05, 3.63) is 11.2 Å². The molecule has 0 spiro atoms. The van der Waals surface area contributed by atoms with Crippen LogP contribution in [0.15, 0.2) is 11.2 Å². The second-order valence-electron chi connectivity index (χ2n) is 6.78. The number of rotatable bonds is 3. The molecule has 0 fully saturated rings. The van der Waals surface area contributed by atoms with Crippen LogP contribution in [0.3, 0.4) is 0 Å². The van der Waals surface area contributed by atoms with Crippen molar-refractivity contribution < 1.29 is 40.7 Å². The molecule has 8 nitrogen and oxygen atoms in total. The van der Waals surface area contributed by atoms with E-state index in [1.54, 1.807) is 10.6 Å². The number of amides is 2. The van der Waals surface area contributed by atoms with Crippen LogP contribution in [0.25, 0.3) is 0 Å². The van der Waals surface area contributed by atoms with E-state index in [9.17, 15) is 31.2 Å². The van der Waals surface area contributed by atoms with E-state index in [2.05, 4.69) is 0 Å². The van der Waals surface area contributed by atoms with Gasteiger partial charge < -0.3 is 9.47 Å². The van der Waals surface area contributed by atoms with E-state index in [0.29, 0.717) is 0 Å². The minimum atomic E-state index is -5.78. The molecule has 2 N–H and O–H groups in total. The summed E-state index contributed by atoms with van der Waals surface area (Å²) in [6.07, 6.45) is -2.54. The average molecular weight is 390 g/mol. The van der Waals surface area contributed by atoms with E-state index >= 15 is 0 Å². The third kappa shape index (κ3) is 9.79. The average Bonchev–Trinajstić information content (AvgIpc) is 2.19. The number of hydrogen-bond acceptors (Lipinski definition) is 6. The molecule has 2 amide bonds. The Morgan fingerprint density at radius 3 is 1.40 bits per heavy atom. The van der Waals surface area contributed by atoms with Crippen molar-refractivity contribution in [2.75, 3.05) is 0 Å². The first-order valence-corrected chi connectivity index (χ1v) is 8.40. The third-order valence-corrected chi connectivity index (χ3v) is 3.06. The topological polar surface area (TPSA) is 111 Å². The largest absolute Gasteiger partial charge is 0.501 e. The van der Waals surface area contributed by atoms with Gasteiger partial charge >= 0.3 is 17.7 Å². The van der Waals surface area contributed by atoms with Crippen LogP contribution >= 0.6 is 0 Å². The van der Waals surface area contributed by atoms with Crippen molar-refractivity contribution in [1.82, 2.24) is 10.6 Å². The fourth-order valence-corrected chi connectivity index (χ4v) is 1.70. The van der Waals surface area contributed by atoms with Crippen molar-refractivity contribution in [2.45, 2.75) is 58.3 Å². The Morgan fingerprint density at radius 1 is 0.840 bits per heavy atom. The molecule has 0 saturated heterocycles. The maximum absolute atomic E-state index is 12.5. The summed E-state index contributed by atoms with van der Waals surface area (Å²) in [7, 11) is -5.78.